The lowest BCUT2D eigenvalue weighted by atomic mass is 10.0. The minimum atomic E-state index is 0.480. The van der Waals surface area contributed by atoms with Crippen molar-refractivity contribution in [3.63, 3.8) is 0 Å². The van der Waals surface area contributed by atoms with Crippen molar-refractivity contribution in [2.75, 3.05) is 19.6 Å². The number of imidazole rings is 1. The van der Waals surface area contributed by atoms with Gasteiger partial charge in [0.1, 0.15) is 0 Å². The van der Waals surface area contributed by atoms with Crippen LogP contribution in [0.4, 0.5) is 0 Å². The first-order valence-electron chi connectivity index (χ1n) is 8.05. The van der Waals surface area contributed by atoms with Crippen LogP contribution in [0.1, 0.15) is 52.3 Å². The van der Waals surface area contributed by atoms with Crippen molar-refractivity contribution in [3.05, 3.63) is 18.2 Å². The molecule has 0 aromatic carbocycles. The van der Waals surface area contributed by atoms with E-state index >= 15 is 0 Å². The van der Waals surface area contributed by atoms with E-state index in [9.17, 15) is 0 Å². The van der Waals surface area contributed by atoms with E-state index in [4.69, 9.17) is 0 Å². The highest BCUT2D eigenvalue weighted by molar-refractivity contribution is 4.99. The first-order valence-corrected chi connectivity index (χ1v) is 8.05. The van der Waals surface area contributed by atoms with Gasteiger partial charge >= 0.3 is 0 Å². The molecule has 1 unspecified atom stereocenters. The van der Waals surface area contributed by atoms with Crippen molar-refractivity contribution < 1.29 is 0 Å². The van der Waals surface area contributed by atoms with Crippen molar-refractivity contribution in [1.82, 2.24) is 19.8 Å². The molecule has 114 valence electrons. The summed E-state index contributed by atoms with van der Waals surface area (Å²) in [4.78, 5) is 6.92. The van der Waals surface area contributed by atoms with Gasteiger partial charge in [-0.3, -0.25) is 4.90 Å². The van der Waals surface area contributed by atoms with Crippen molar-refractivity contribution in [3.8, 4) is 0 Å². The van der Waals surface area contributed by atoms with Gasteiger partial charge in [0.15, 0.2) is 0 Å². The largest absolute Gasteiger partial charge is 0.331 e. The van der Waals surface area contributed by atoms with Crippen LogP contribution in [0, 0.1) is 5.92 Å². The molecule has 0 amide bonds. The Morgan fingerprint density at radius 1 is 1.20 bits per heavy atom. The molecule has 0 radical (unpaired) electrons. The van der Waals surface area contributed by atoms with E-state index in [-0.39, 0.29) is 0 Å². The Morgan fingerprint density at radius 3 is 2.50 bits per heavy atom. The van der Waals surface area contributed by atoms with Crippen LogP contribution in [0.2, 0.25) is 0 Å². The molecule has 4 nitrogen and oxygen atoms in total. The van der Waals surface area contributed by atoms with Gasteiger partial charge in [0.2, 0.25) is 0 Å². The zero-order valence-electron chi connectivity index (χ0n) is 13.5. The van der Waals surface area contributed by atoms with E-state index in [0.29, 0.717) is 18.0 Å². The number of nitrogens with zero attached hydrogens (tertiary/aromatic N) is 3. The van der Waals surface area contributed by atoms with Crippen molar-refractivity contribution in [2.24, 2.45) is 5.92 Å². The lowest BCUT2D eigenvalue weighted by Gasteiger charge is -2.31. The van der Waals surface area contributed by atoms with Crippen LogP contribution in [-0.2, 0) is 6.54 Å². The molecular formula is C16H30N4. The Hall–Kier alpha value is -0.870. The lowest BCUT2D eigenvalue weighted by molar-refractivity contribution is 0.186. The van der Waals surface area contributed by atoms with Crippen molar-refractivity contribution in [2.45, 2.75) is 59.2 Å². The molecule has 1 aromatic rings. The van der Waals surface area contributed by atoms with Gasteiger partial charge in [0.25, 0.3) is 0 Å². The van der Waals surface area contributed by atoms with E-state index in [2.05, 4.69) is 47.5 Å². The van der Waals surface area contributed by atoms with Gasteiger partial charge in [0.05, 0.1) is 12.0 Å². The highest BCUT2D eigenvalue weighted by Crippen LogP contribution is 2.17. The van der Waals surface area contributed by atoms with E-state index in [1.807, 2.05) is 12.5 Å². The number of likely N-dealkylation sites (tertiary alicyclic amines) is 1. The fourth-order valence-corrected chi connectivity index (χ4v) is 3.14. The molecule has 1 atom stereocenters. The predicted molar refractivity (Wildman–Crippen MR) is 83.8 cm³/mol. The average molecular weight is 278 g/mol. The Bertz CT molecular complexity index is 391. The van der Waals surface area contributed by atoms with E-state index < -0.39 is 0 Å². The zero-order chi connectivity index (χ0) is 14.5. The molecule has 1 aliphatic rings. The number of nitrogens with one attached hydrogen (secondary N) is 1. The van der Waals surface area contributed by atoms with E-state index in [0.717, 1.165) is 13.1 Å². The summed E-state index contributed by atoms with van der Waals surface area (Å²) in [5.74, 6) is 0.704. The summed E-state index contributed by atoms with van der Waals surface area (Å²) in [6.45, 7) is 13.6. The predicted octanol–water partition coefficient (Wildman–Crippen LogP) is 2.67. The maximum atomic E-state index is 4.27. The third-order valence-corrected chi connectivity index (χ3v) is 4.34. The van der Waals surface area contributed by atoms with Crippen LogP contribution in [0.3, 0.4) is 0 Å². The average Bonchev–Trinajstić information content (AvgIpc) is 3.05. The first kappa shape index (κ1) is 15.5. The molecule has 4 heteroatoms. The quantitative estimate of drug-likeness (QED) is 0.832. The summed E-state index contributed by atoms with van der Waals surface area (Å²) in [6.07, 6.45) is 6.64. The number of hydrogen-bond acceptors (Lipinski definition) is 3. The Kier molecular flexibility index (Phi) is 5.61. The summed E-state index contributed by atoms with van der Waals surface area (Å²) in [6, 6.07) is 1.14. The van der Waals surface area contributed by atoms with Crippen LogP contribution in [0.5, 0.6) is 0 Å². The molecule has 0 bridgehead atoms. The van der Waals surface area contributed by atoms with Crippen molar-refractivity contribution >= 4 is 0 Å². The van der Waals surface area contributed by atoms with Gasteiger partial charge in [0, 0.05) is 31.4 Å². The van der Waals surface area contributed by atoms with Crippen LogP contribution < -0.4 is 5.32 Å². The second-order valence-corrected chi connectivity index (χ2v) is 6.57. The fourth-order valence-electron chi connectivity index (χ4n) is 3.14. The highest BCUT2D eigenvalue weighted by Gasteiger charge is 2.24. The third-order valence-electron chi connectivity index (χ3n) is 4.34. The Labute approximate surface area is 123 Å². The molecule has 0 saturated carbocycles. The third kappa shape index (κ3) is 3.83. The number of aromatic nitrogens is 2. The summed E-state index contributed by atoms with van der Waals surface area (Å²) in [5, 5.41) is 3.64. The molecule has 2 heterocycles. The standard InChI is InChI=1S/C16H30N4/c1-13(2)16(19-7-5-6-8-19)11-17-9-15-10-18-12-20(15)14(3)4/h10,12-14,16-17H,5-9,11H2,1-4H3. The zero-order valence-corrected chi connectivity index (χ0v) is 13.5. The normalized spacial score (nSPS) is 18.3. The molecular weight excluding hydrogens is 248 g/mol. The van der Waals surface area contributed by atoms with Gasteiger partial charge < -0.3 is 9.88 Å². The first-order chi connectivity index (χ1) is 9.59. The smallest absolute Gasteiger partial charge is 0.0951 e. The molecule has 1 aromatic heterocycles. The minimum Gasteiger partial charge on any atom is -0.331 e. The van der Waals surface area contributed by atoms with E-state index in [1.165, 1.54) is 31.6 Å². The molecule has 1 fully saturated rings. The van der Waals surface area contributed by atoms with Crippen LogP contribution in [-0.4, -0.2) is 40.1 Å². The molecule has 2 rings (SSSR count). The van der Waals surface area contributed by atoms with Gasteiger partial charge in [-0.1, -0.05) is 13.8 Å². The molecule has 1 N–H and O–H groups in total. The Morgan fingerprint density at radius 2 is 1.90 bits per heavy atom. The summed E-state index contributed by atoms with van der Waals surface area (Å²) in [7, 11) is 0. The minimum absolute atomic E-state index is 0.480. The van der Waals surface area contributed by atoms with Crippen LogP contribution in [0.15, 0.2) is 12.5 Å². The molecule has 0 aliphatic carbocycles. The lowest BCUT2D eigenvalue weighted by Crippen LogP contribution is -2.44. The SMILES string of the molecule is CC(C)C(CNCc1cncn1C(C)C)N1CCCC1. The second kappa shape index (κ2) is 7.23. The van der Waals surface area contributed by atoms with E-state index in [1.54, 1.807) is 0 Å². The van der Waals surface area contributed by atoms with Gasteiger partial charge in [-0.2, -0.15) is 0 Å². The van der Waals surface area contributed by atoms with Gasteiger partial charge in [-0.05, 0) is 45.7 Å². The monoisotopic (exact) mass is 278 g/mol. The maximum absolute atomic E-state index is 4.27. The van der Waals surface area contributed by atoms with Crippen LogP contribution >= 0.6 is 0 Å². The molecule has 0 spiro atoms. The molecule has 20 heavy (non-hydrogen) atoms. The summed E-state index contributed by atoms with van der Waals surface area (Å²) < 4.78 is 2.24. The maximum Gasteiger partial charge on any atom is 0.0951 e. The molecule has 1 aliphatic heterocycles. The summed E-state index contributed by atoms with van der Waals surface area (Å²) >= 11 is 0. The second-order valence-electron chi connectivity index (χ2n) is 6.57. The van der Waals surface area contributed by atoms with Crippen molar-refractivity contribution in [1.29, 1.82) is 0 Å². The molecule has 1 saturated heterocycles. The Balaban J connectivity index is 1.85. The van der Waals surface area contributed by atoms with Crippen LogP contribution in [0.25, 0.3) is 0 Å². The topological polar surface area (TPSA) is 33.1 Å². The highest BCUT2D eigenvalue weighted by atomic mass is 15.2. The van der Waals surface area contributed by atoms with Gasteiger partial charge in [-0.25, -0.2) is 4.98 Å². The fraction of sp³-hybridized carbons (Fsp3) is 0.812. The number of hydrogen-bond donors (Lipinski definition) is 1. The number of rotatable bonds is 7. The van der Waals surface area contributed by atoms with Gasteiger partial charge in [-0.15, -0.1) is 0 Å². The summed E-state index contributed by atoms with van der Waals surface area (Å²) in [5.41, 5.74) is 1.28.